The fraction of sp³-hybridized carbons (Fsp3) is 0.517. The van der Waals surface area contributed by atoms with Crippen molar-refractivity contribution in [3.05, 3.63) is 54.1 Å². The number of H-pyrrole nitrogens is 1. The Balaban J connectivity index is 0.00000484. The molecule has 1 aromatic carbocycles. The molecule has 0 bridgehead atoms. The number of rotatable bonds is 7. The zero-order valence-electron chi connectivity index (χ0n) is 25.4. The van der Waals surface area contributed by atoms with Crippen molar-refractivity contribution in [1.82, 2.24) is 35.7 Å². The summed E-state index contributed by atoms with van der Waals surface area (Å²) in [7, 11) is 1.49. The summed E-state index contributed by atoms with van der Waals surface area (Å²) >= 11 is 0. The summed E-state index contributed by atoms with van der Waals surface area (Å²) in [4.78, 5) is 76.0. The molecule has 2 heterocycles. The molecule has 4 atom stereocenters. The Morgan fingerprint density at radius 1 is 1.05 bits per heavy atom. The van der Waals surface area contributed by atoms with Gasteiger partial charge < -0.3 is 36.5 Å². The molecule has 0 saturated carbocycles. The molecule has 3 rings (SSSR count). The second-order valence-corrected chi connectivity index (χ2v) is 11.1. The standard InChI is InChI=1S/C29H42N8O5.2ClH/c1-18(2)12-24-29(42)36(4)19(3)26(39)35-23(13-20-8-6-5-7-9-20)27(40)32-10-11-37(16-25(38)34-24)28(41)22(30)14-21-15-31-17-33-21;;/h5-9,15,17-19,22-24H,10-14,16,30H2,1-4H3,(H,31,33)(H,32,40)(H,34,38)(H,35,39);2*1H/t19-,22-,23-,24-;;/m0../s1. The number of imidazole rings is 1. The van der Waals surface area contributed by atoms with Crippen LogP contribution in [0.1, 0.15) is 38.4 Å². The molecule has 0 unspecified atom stereocenters. The van der Waals surface area contributed by atoms with Crippen LogP contribution in [0.25, 0.3) is 0 Å². The van der Waals surface area contributed by atoms with Crippen molar-refractivity contribution < 1.29 is 24.0 Å². The van der Waals surface area contributed by atoms with Crippen LogP contribution in [0.4, 0.5) is 0 Å². The van der Waals surface area contributed by atoms with E-state index in [4.69, 9.17) is 5.73 Å². The van der Waals surface area contributed by atoms with Gasteiger partial charge in [0.05, 0.1) is 18.9 Å². The lowest BCUT2D eigenvalue weighted by Crippen LogP contribution is -2.57. The quantitative estimate of drug-likeness (QED) is 0.282. The first kappa shape index (κ1) is 38.3. The minimum atomic E-state index is -0.971. The Bertz CT molecular complexity index is 1230. The Hall–Kier alpha value is -3.68. The van der Waals surface area contributed by atoms with E-state index >= 15 is 0 Å². The Morgan fingerprint density at radius 3 is 2.34 bits per heavy atom. The van der Waals surface area contributed by atoms with E-state index in [1.165, 1.54) is 23.2 Å². The molecule has 244 valence electrons. The highest BCUT2D eigenvalue weighted by Crippen LogP contribution is 2.12. The molecular weight excluding hydrogens is 611 g/mol. The van der Waals surface area contributed by atoms with Gasteiger partial charge in [-0.2, -0.15) is 0 Å². The molecule has 13 nitrogen and oxygen atoms in total. The van der Waals surface area contributed by atoms with Gasteiger partial charge in [-0.15, -0.1) is 24.8 Å². The highest BCUT2D eigenvalue weighted by molar-refractivity contribution is 5.95. The number of carbonyl (C=O) groups excluding carboxylic acids is 5. The minimum Gasteiger partial charge on any atom is -0.353 e. The average Bonchev–Trinajstić information content (AvgIpc) is 3.47. The number of halogens is 2. The monoisotopic (exact) mass is 654 g/mol. The molecule has 5 amide bonds. The first-order valence-electron chi connectivity index (χ1n) is 14.2. The lowest BCUT2D eigenvalue weighted by atomic mass is 10.0. The Kier molecular flexibility index (Phi) is 15.9. The number of aromatic amines is 1. The van der Waals surface area contributed by atoms with Crippen LogP contribution in [0, 0.1) is 5.92 Å². The maximum Gasteiger partial charge on any atom is 0.245 e. The maximum atomic E-state index is 13.5. The van der Waals surface area contributed by atoms with E-state index in [9.17, 15) is 24.0 Å². The van der Waals surface area contributed by atoms with E-state index in [2.05, 4.69) is 25.9 Å². The van der Waals surface area contributed by atoms with Crippen LogP contribution < -0.4 is 21.7 Å². The van der Waals surface area contributed by atoms with Gasteiger partial charge >= 0.3 is 0 Å². The predicted molar refractivity (Wildman–Crippen MR) is 170 cm³/mol. The van der Waals surface area contributed by atoms with Crippen LogP contribution in [0.3, 0.4) is 0 Å². The van der Waals surface area contributed by atoms with E-state index < -0.39 is 53.7 Å². The average molecular weight is 656 g/mol. The third-order valence-electron chi connectivity index (χ3n) is 7.20. The van der Waals surface area contributed by atoms with E-state index in [0.717, 1.165) is 5.56 Å². The molecule has 0 radical (unpaired) electrons. The van der Waals surface area contributed by atoms with Crippen molar-refractivity contribution >= 4 is 54.3 Å². The fourth-order valence-electron chi connectivity index (χ4n) is 4.73. The first-order valence-corrected chi connectivity index (χ1v) is 14.2. The van der Waals surface area contributed by atoms with Gasteiger partial charge in [0.2, 0.25) is 29.5 Å². The number of amides is 5. The number of likely N-dealkylation sites (N-methyl/N-ethyl adjacent to an activating group) is 1. The predicted octanol–water partition coefficient (Wildman–Crippen LogP) is 0.187. The third kappa shape index (κ3) is 11.1. The van der Waals surface area contributed by atoms with Crippen molar-refractivity contribution in [2.24, 2.45) is 11.7 Å². The highest BCUT2D eigenvalue weighted by Gasteiger charge is 2.33. The fourth-order valence-corrected chi connectivity index (χ4v) is 4.73. The second-order valence-electron chi connectivity index (χ2n) is 11.1. The number of nitrogens with zero attached hydrogens (tertiary/aromatic N) is 3. The van der Waals surface area contributed by atoms with Gasteiger partial charge in [0.15, 0.2) is 0 Å². The largest absolute Gasteiger partial charge is 0.353 e. The van der Waals surface area contributed by atoms with Crippen LogP contribution in [-0.2, 0) is 36.8 Å². The number of nitrogens with two attached hydrogens (primary N) is 1. The van der Waals surface area contributed by atoms with Crippen molar-refractivity contribution in [2.75, 3.05) is 26.7 Å². The van der Waals surface area contributed by atoms with Gasteiger partial charge in [0.1, 0.15) is 18.1 Å². The molecule has 0 spiro atoms. The summed E-state index contributed by atoms with van der Waals surface area (Å²) in [6.45, 7) is 5.04. The molecule has 6 N–H and O–H groups in total. The summed E-state index contributed by atoms with van der Waals surface area (Å²) < 4.78 is 0. The van der Waals surface area contributed by atoms with Gasteiger partial charge in [0, 0.05) is 44.9 Å². The molecule has 44 heavy (non-hydrogen) atoms. The van der Waals surface area contributed by atoms with Crippen LogP contribution in [0.15, 0.2) is 42.9 Å². The molecule has 1 aromatic heterocycles. The van der Waals surface area contributed by atoms with Crippen molar-refractivity contribution in [2.45, 2.75) is 64.2 Å². The van der Waals surface area contributed by atoms with Crippen LogP contribution >= 0.6 is 24.8 Å². The summed E-state index contributed by atoms with van der Waals surface area (Å²) in [5, 5.41) is 8.32. The molecule has 0 aliphatic carbocycles. The molecule has 2 aromatic rings. The SMILES string of the molecule is CC(C)C[C@@H]1NC(=O)CN(C(=O)[C@@H](N)Cc2cnc[nH]2)CCNC(=O)[C@H](Cc2ccccc2)NC(=O)[C@H](C)N(C)C1=O.Cl.Cl. The normalized spacial score (nSPS) is 21.1. The van der Waals surface area contributed by atoms with E-state index in [1.807, 2.05) is 44.2 Å². The zero-order valence-corrected chi connectivity index (χ0v) is 27.1. The molecular formula is C29H44Cl2N8O5. The van der Waals surface area contributed by atoms with Gasteiger partial charge in [0.25, 0.3) is 0 Å². The summed E-state index contributed by atoms with van der Waals surface area (Å²) in [5.74, 6) is -2.41. The number of hydrogen-bond acceptors (Lipinski definition) is 7. The number of hydrogen-bond donors (Lipinski definition) is 5. The number of benzene rings is 1. The third-order valence-corrected chi connectivity index (χ3v) is 7.20. The lowest BCUT2D eigenvalue weighted by molar-refractivity contribution is -0.143. The molecule has 1 fully saturated rings. The molecule has 1 aliphatic heterocycles. The molecule has 1 saturated heterocycles. The van der Waals surface area contributed by atoms with Crippen LogP contribution in [-0.4, -0.2) is 100 Å². The highest BCUT2D eigenvalue weighted by atomic mass is 35.5. The van der Waals surface area contributed by atoms with Gasteiger partial charge in [-0.25, -0.2) is 4.98 Å². The Morgan fingerprint density at radius 2 is 1.73 bits per heavy atom. The van der Waals surface area contributed by atoms with Gasteiger partial charge in [-0.05, 0) is 24.8 Å². The zero-order chi connectivity index (χ0) is 30.8. The number of aromatic nitrogens is 2. The van der Waals surface area contributed by atoms with Gasteiger partial charge in [-0.1, -0.05) is 44.2 Å². The second kappa shape index (κ2) is 18.2. The minimum absolute atomic E-state index is 0. The lowest BCUT2D eigenvalue weighted by Gasteiger charge is -2.31. The topological polar surface area (TPSA) is 183 Å². The summed E-state index contributed by atoms with van der Waals surface area (Å²) in [6, 6.07) is 5.49. The van der Waals surface area contributed by atoms with E-state index in [1.54, 1.807) is 13.1 Å². The first-order chi connectivity index (χ1) is 20.0. The molecule has 15 heteroatoms. The summed E-state index contributed by atoms with van der Waals surface area (Å²) in [6.07, 6.45) is 3.76. The van der Waals surface area contributed by atoms with Crippen LogP contribution in [0.5, 0.6) is 0 Å². The number of nitrogens with one attached hydrogen (secondary N) is 4. The summed E-state index contributed by atoms with van der Waals surface area (Å²) in [5.41, 5.74) is 7.69. The van der Waals surface area contributed by atoms with E-state index in [-0.39, 0.29) is 63.2 Å². The van der Waals surface area contributed by atoms with E-state index in [0.29, 0.717) is 12.1 Å². The van der Waals surface area contributed by atoms with Crippen molar-refractivity contribution in [3.63, 3.8) is 0 Å². The molecule has 1 aliphatic rings. The van der Waals surface area contributed by atoms with Gasteiger partial charge in [-0.3, -0.25) is 24.0 Å². The van der Waals surface area contributed by atoms with Crippen molar-refractivity contribution in [1.29, 1.82) is 0 Å². The maximum absolute atomic E-state index is 13.5. The Labute approximate surface area is 270 Å². The smallest absolute Gasteiger partial charge is 0.245 e. The van der Waals surface area contributed by atoms with Crippen LogP contribution in [0.2, 0.25) is 0 Å². The number of carbonyl (C=O) groups is 5. The van der Waals surface area contributed by atoms with Crippen molar-refractivity contribution in [3.8, 4) is 0 Å².